The van der Waals surface area contributed by atoms with Crippen molar-refractivity contribution >= 4 is 10.2 Å². The van der Waals surface area contributed by atoms with Gasteiger partial charge in [0, 0.05) is 13.1 Å². The second-order valence-electron chi connectivity index (χ2n) is 6.14. The van der Waals surface area contributed by atoms with Crippen LogP contribution in [0.4, 0.5) is 0 Å². The predicted molar refractivity (Wildman–Crippen MR) is 76.8 cm³/mol. The van der Waals surface area contributed by atoms with E-state index >= 15 is 0 Å². The Balaban J connectivity index is 1.67. The molecule has 2 rings (SSSR count). The van der Waals surface area contributed by atoms with Crippen molar-refractivity contribution in [2.75, 3.05) is 26.2 Å². The highest BCUT2D eigenvalue weighted by Gasteiger charge is 2.22. The summed E-state index contributed by atoms with van der Waals surface area (Å²) in [6.07, 6.45) is 9.21. The zero-order valence-electron chi connectivity index (χ0n) is 11.7. The fourth-order valence-electron chi connectivity index (χ4n) is 3.42. The maximum Gasteiger partial charge on any atom is 0.274 e. The minimum atomic E-state index is -3.53. The van der Waals surface area contributed by atoms with E-state index < -0.39 is 10.2 Å². The van der Waals surface area contributed by atoms with Crippen LogP contribution < -0.4 is 9.86 Å². The van der Waals surface area contributed by atoms with Crippen LogP contribution in [0, 0.1) is 11.8 Å². The summed E-state index contributed by atoms with van der Waals surface area (Å²) in [5.41, 5.74) is 0. The van der Waals surface area contributed by atoms with E-state index in [1.54, 1.807) is 0 Å². The first-order valence-corrected chi connectivity index (χ1v) is 9.07. The Morgan fingerprint density at radius 1 is 1.11 bits per heavy atom. The average Bonchev–Trinajstić information content (AvgIpc) is 2.87. The molecule has 0 bridgehead atoms. The Bertz CT molecular complexity index is 366. The Morgan fingerprint density at radius 2 is 1.79 bits per heavy atom. The molecule has 1 atom stereocenters. The van der Waals surface area contributed by atoms with Gasteiger partial charge in [0.05, 0.1) is 0 Å². The first kappa shape index (κ1) is 15.2. The third-order valence-corrected chi connectivity index (χ3v) is 5.07. The molecule has 0 radical (unpaired) electrons. The molecule has 0 aromatic rings. The fourth-order valence-corrected chi connectivity index (χ4v) is 3.89. The van der Waals surface area contributed by atoms with Crippen LogP contribution in [-0.4, -0.2) is 39.5 Å². The predicted octanol–water partition coefficient (Wildman–Crippen LogP) is 1.07. The van der Waals surface area contributed by atoms with Crippen LogP contribution in [0.25, 0.3) is 0 Å². The van der Waals surface area contributed by atoms with E-state index in [1.807, 2.05) is 0 Å². The quantitative estimate of drug-likeness (QED) is 0.768. The Labute approximate surface area is 117 Å². The minimum absolute atomic E-state index is 0.413. The Hall–Kier alpha value is -0.170. The third kappa shape index (κ3) is 5.77. The van der Waals surface area contributed by atoms with Gasteiger partial charge in [0.15, 0.2) is 0 Å². The number of hydrogen-bond donors (Lipinski definition) is 2. The van der Waals surface area contributed by atoms with E-state index in [2.05, 4.69) is 9.62 Å². The lowest BCUT2D eigenvalue weighted by atomic mass is 9.97. The highest BCUT2D eigenvalue weighted by atomic mass is 32.2. The topological polar surface area (TPSA) is 75.4 Å². The summed E-state index contributed by atoms with van der Waals surface area (Å²) in [4.78, 5) is 2.50. The molecule has 3 N–H and O–H groups in total. The molecule has 1 aliphatic heterocycles. The van der Waals surface area contributed by atoms with Gasteiger partial charge in [0.1, 0.15) is 0 Å². The molecule has 5 nitrogen and oxygen atoms in total. The summed E-state index contributed by atoms with van der Waals surface area (Å²) in [6, 6.07) is 0. The normalized spacial score (nSPS) is 26.9. The SMILES string of the molecule is NS(=O)(=O)NCC1CCCN(CCC2CCCC2)C1. The monoisotopic (exact) mass is 289 g/mol. The molecule has 2 aliphatic rings. The maximum atomic E-state index is 10.9. The minimum Gasteiger partial charge on any atom is -0.303 e. The molecule has 1 unspecified atom stereocenters. The Kier molecular flexibility index (Phi) is 5.62. The Morgan fingerprint density at radius 3 is 2.47 bits per heavy atom. The van der Waals surface area contributed by atoms with Crippen molar-refractivity contribution in [3.63, 3.8) is 0 Å². The lowest BCUT2D eigenvalue weighted by Gasteiger charge is -2.33. The summed E-state index contributed by atoms with van der Waals surface area (Å²) in [6.45, 7) is 3.84. The van der Waals surface area contributed by atoms with E-state index in [9.17, 15) is 8.42 Å². The number of rotatable bonds is 6. The molecule has 1 saturated carbocycles. The van der Waals surface area contributed by atoms with Crippen molar-refractivity contribution in [1.82, 2.24) is 9.62 Å². The van der Waals surface area contributed by atoms with E-state index in [-0.39, 0.29) is 0 Å². The standard InChI is InChI=1S/C13H27N3O2S/c14-19(17,18)15-10-13-6-3-8-16(11-13)9-7-12-4-1-2-5-12/h12-13,15H,1-11H2,(H2,14,17,18). The smallest absolute Gasteiger partial charge is 0.274 e. The van der Waals surface area contributed by atoms with Crippen molar-refractivity contribution in [2.45, 2.75) is 44.9 Å². The molecule has 0 aromatic heterocycles. The number of nitrogens with one attached hydrogen (secondary N) is 1. The fraction of sp³-hybridized carbons (Fsp3) is 1.00. The van der Waals surface area contributed by atoms with E-state index in [4.69, 9.17) is 5.14 Å². The highest BCUT2D eigenvalue weighted by molar-refractivity contribution is 7.87. The molecule has 2 fully saturated rings. The average molecular weight is 289 g/mol. The van der Waals surface area contributed by atoms with Crippen LogP contribution >= 0.6 is 0 Å². The lowest BCUT2D eigenvalue weighted by molar-refractivity contribution is 0.166. The van der Waals surface area contributed by atoms with Crippen molar-refractivity contribution in [1.29, 1.82) is 0 Å². The molecular formula is C13H27N3O2S. The zero-order valence-corrected chi connectivity index (χ0v) is 12.5. The van der Waals surface area contributed by atoms with E-state index in [0.717, 1.165) is 18.9 Å². The van der Waals surface area contributed by atoms with Gasteiger partial charge in [-0.3, -0.25) is 0 Å². The number of hydrogen-bond acceptors (Lipinski definition) is 3. The van der Waals surface area contributed by atoms with Gasteiger partial charge in [0.25, 0.3) is 10.2 Å². The molecular weight excluding hydrogens is 262 g/mol. The van der Waals surface area contributed by atoms with Gasteiger partial charge >= 0.3 is 0 Å². The van der Waals surface area contributed by atoms with Gasteiger partial charge in [-0.25, -0.2) is 9.86 Å². The van der Waals surface area contributed by atoms with Crippen LogP contribution in [-0.2, 0) is 10.2 Å². The maximum absolute atomic E-state index is 10.9. The molecule has 1 aliphatic carbocycles. The summed E-state index contributed by atoms with van der Waals surface area (Å²) in [5, 5.41) is 4.98. The van der Waals surface area contributed by atoms with Gasteiger partial charge < -0.3 is 4.90 Å². The molecule has 6 heteroatoms. The van der Waals surface area contributed by atoms with E-state index in [0.29, 0.717) is 12.5 Å². The van der Waals surface area contributed by atoms with Crippen molar-refractivity contribution in [3.8, 4) is 0 Å². The number of likely N-dealkylation sites (tertiary alicyclic amines) is 1. The van der Waals surface area contributed by atoms with E-state index in [1.165, 1.54) is 51.6 Å². The zero-order chi connectivity index (χ0) is 13.7. The van der Waals surface area contributed by atoms with Crippen LogP contribution in [0.1, 0.15) is 44.9 Å². The first-order valence-electron chi connectivity index (χ1n) is 7.52. The summed E-state index contributed by atoms with van der Waals surface area (Å²) >= 11 is 0. The molecule has 0 amide bonds. The van der Waals surface area contributed by atoms with Gasteiger partial charge in [-0.15, -0.1) is 0 Å². The summed E-state index contributed by atoms with van der Waals surface area (Å²) in [5.74, 6) is 1.35. The third-order valence-electron chi connectivity index (χ3n) is 4.50. The van der Waals surface area contributed by atoms with Crippen LogP contribution in [0.15, 0.2) is 0 Å². The second-order valence-corrected chi connectivity index (χ2v) is 7.52. The second kappa shape index (κ2) is 7.02. The summed E-state index contributed by atoms with van der Waals surface area (Å²) < 4.78 is 24.2. The number of nitrogens with zero attached hydrogens (tertiary/aromatic N) is 1. The van der Waals surface area contributed by atoms with Gasteiger partial charge in [0.2, 0.25) is 0 Å². The number of nitrogens with two attached hydrogens (primary N) is 1. The van der Waals surface area contributed by atoms with Crippen molar-refractivity contribution in [3.05, 3.63) is 0 Å². The van der Waals surface area contributed by atoms with Gasteiger partial charge in [-0.2, -0.15) is 8.42 Å². The van der Waals surface area contributed by atoms with Crippen LogP contribution in [0.5, 0.6) is 0 Å². The van der Waals surface area contributed by atoms with Crippen molar-refractivity contribution in [2.24, 2.45) is 17.0 Å². The largest absolute Gasteiger partial charge is 0.303 e. The number of piperidine rings is 1. The van der Waals surface area contributed by atoms with Gasteiger partial charge in [-0.05, 0) is 44.2 Å². The van der Waals surface area contributed by atoms with Crippen LogP contribution in [0.2, 0.25) is 0 Å². The molecule has 0 spiro atoms. The van der Waals surface area contributed by atoms with Crippen LogP contribution in [0.3, 0.4) is 0 Å². The molecule has 0 aromatic carbocycles. The molecule has 19 heavy (non-hydrogen) atoms. The highest BCUT2D eigenvalue weighted by Crippen LogP contribution is 2.28. The van der Waals surface area contributed by atoms with Gasteiger partial charge in [-0.1, -0.05) is 25.7 Å². The molecule has 1 saturated heterocycles. The first-order chi connectivity index (χ1) is 9.03. The van der Waals surface area contributed by atoms with Crippen molar-refractivity contribution < 1.29 is 8.42 Å². The summed E-state index contributed by atoms with van der Waals surface area (Å²) in [7, 11) is -3.53. The lowest BCUT2D eigenvalue weighted by Crippen LogP contribution is -2.42. The molecule has 112 valence electrons. The molecule has 1 heterocycles.